The summed E-state index contributed by atoms with van der Waals surface area (Å²) in [5.41, 5.74) is 0.100. The maximum atomic E-state index is 10.5. The summed E-state index contributed by atoms with van der Waals surface area (Å²) >= 11 is 0. The highest BCUT2D eigenvalue weighted by molar-refractivity contribution is 5.40. The van der Waals surface area contributed by atoms with Crippen molar-refractivity contribution in [1.82, 2.24) is 5.32 Å². The molecule has 112 valence electrons. The van der Waals surface area contributed by atoms with Gasteiger partial charge in [0, 0.05) is 24.2 Å². The van der Waals surface area contributed by atoms with Crippen molar-refractivity contribution >= 4 is 0 Å². The van der Waals surface area contributed by atoms with Gasteiger partial charge in [0.1, 0.15) is 11.5 Å². The van der Waals surface area contributed by atoms with Crippen LogP contribution in [0.1, 0.15) is 51.1 Å². The average Bonchev–Trinajstić information content (AvgIpc) is 2.40. The fourth-order valence-electron chi connectivity index (χ4n) is 2.83. The number of hydrogen-bond donors (Lipinski definition) is 4. The van der Waals surface area contributed by atoms with Crippen molar-refractivity contribution in [2.45, 2.75) is 51.2 Å². The molecule has 1 aliphatic rings. The lowest BCUT2D eigenvalue weighted by Crippen LogP contribution is -2.44. The van der Waals surface area contributed by atoms with Crippen molar-refractivity contribution in [3.8, 4) is 11.5 Å². The highest BCUT2D eigenvalue weighted by atomic mass is 16.3. The third-order valence-corrected chi connectivity index (χ3v) is 4.42. The van der Waals surface area contributed by atoms with Gasteiger partial charge < -0.3 is 20.6 Å². The van der Waals surface area contributed by atoms with E-state index in [1.807, 2.05) is 6.92 Å². The van der Waals surface area contributed by atoms with E-state index < -0.39 is 5.60 Å². The van der Waals surface area contributed by atoms with Gasteiger partial charge in [-0.05, 0) is 44.6 Å². The standard InChI is InChI=1S/C16H25NO3/c1-11-5-7-16(20,8-6-11)10-17-12(2)14-4-3-13(18)9-15(14)19/h3-4,9,11-12,17-20H,5-8,10H2,1-2H3. The van der Waals surface area contributed by atoms with Crippen LogP contribution in [0.25, 0.3) is 0 Å². The topological polar surface area (TPSA) is 72.7 Å². The zero-order chi connectivity index (χ0) is 14.8. The second-order valence-electron chi connectivity index (χ2n) is 6.25. The molecule has 1 fully saturated rings. The van der Waals surface area contributed by atoms with Crippen LogP contribution in [-0.2, 0) is 0 Å². The summed E-state index contributed by atoms with van der Waals surface area (Å²) in [4.78, 5) is 0. The lowest BCUT2D eigenvalue weighted by atomic mass is 9.79. The molecular formula is C16H25NO3. The Bertz CT molecular complexity index is 453. The van der Waals surface area contributed by atoms with Crippen LogP contribution in [0.3, 0.4) is 0 Å². The number of nitrogens with one attached hydrogen (secondary N) is 1. The molecule has 1 aromatic rings. The number of phenolic OH excluding ortho intramolecular Hbond substituents is 2. The lowest BCUT2D eigenvalue weighted by Gasteiger charge is -2.36. The van der Waals surface area contributed by atoms with Crippen molar-refractivity contribution < 1.29 is 15.3 Å². The Hall–Kier alpha value is -1.26. The van der Waals surface area contributed by atoms with Gasteiger partial charge in [-0.25, -0.2) is 0 Å². The molecule has 0 heterocycles. The van der Waals surface area contributed by atoms with Crippen molar-refractivity contribution in [3.05, 3.63) is 23.8 Å². The van der Waals surface area contributed by atoms with Gasteiger partial charge >= 0.3 is 0 Å². The monoisotopic (exact) mass is 279 g/mol. The fourth-order valence-corrected chi connectivity index (χ4v) is 2.83. The van der Waals surface area contributed by atoms with Crippen LogP contribution >= 0.6 is 0 Å². The van der Waals surface area contributed by atoms with Crippen LogP contribution in [0.2, 0.25) is 0 Å². The van der Waals surface area contributed by atoms with Crippen LogP contribution in [0.4, 0.5) is 0 Å². The van der Waals surface area contributed by atoms with Gasteiger partial charge in [-0.15, -0.1) is 0 Å². The molecule has 0 aromatic heterocycles. The minimum absolute atomic E-state index is 0.0540. The van der Waals surface area contributed by atoms with E-state index in [9.17, 15) is 15.3 Å². The first-order valence-corrected chi connectivity index (χ1v) is 7.37. The molecule has 1 aliphatic carbocycles. The van der Waals surface area contributed by atoms with E-state index in [1.165, 1.54) is 6.07 Å². The van der Waals surface area contributed by atoms with Crippen LogP contribution < -0.4 is 5.32 Å². The number of phenols is 2. The van der Waals surface area contributed by atoms with Crippen molar-refractivity contribution in [2.24, 2.45) is 5.92 Å². The Morgan fingerprint density at radius 2 is 1.95 bits per heavy atom. The molecule has 0 aliphatic heterocycles. The molecule has 20 heavy (non-hydrogen) atoms. The molecule has 2 rings (SSSR count). The largest absolute Gasteiger partial charge is 0.508 e. The molecule has 1 atom stereocenters. The molecule has 0 amide bonds. The van der Waals surface area contributed by atoms with Crippen molar-refractivity contribution in [3.63, 3.8) is 0 Å². The SMILES string of the molecule is CC1CCC(O)(CNC(C)c2ccc(O)cc2O)CC1. The molecule has 0 radical (unpaired) electrons. The first-order chi connectivity index (χ1) is 9.39. The van der Waals surface area contributed by atoms with E-state index in [4.69, 9.17) is 0 Å². The van der Waals surface area contributed by atoms with Crippen LogP contribution in [0.15, 0.2) is 18.2 Å². The molecular weight excluding hydrogens is 254 g/mol. The van der Waals surface area contributed by atoms with Gasteiger partial charge in [0.2, 0.25) is 0 Å². The zero-order valence-corrected chi connectivity index (χ0v) is 12.3. The molecule has 1 unspecified atom stereocenters. The molecule has 0 saturated heterocycles. The maximum Gasteiger partial charge on any atom is 0.124 e. The number of aromatic hydroxyl groups is 2. The summed E-state index contributed by atoms with van der Waals surface area (Å²) in [5, 5.41) is 33.0. The highest BCUT2D eigenvalue weighted by Crippen LogP contribution is 2.32. The molecule has 0 spiro atoms. The third kappa shape index (κ3) is 3.64. The number of aliphatic hydroxyl groups is 1. The quantitative estimate of drug-likeness (QED) is 0.684. The summed E-state index contributed by atoms with van der Waals surface area (Å²) in [6.07, 6.45) is 3.79. The smallest absolute Gasteiger partial charge is 0.124 e. The highest BCUT2D eigenvalue weighted by Gasteiger charge is 2.31. The second-order valence-corrected chi connectivity index (χ2v) is 6.25. The van der Waals surface area contributed by atoms with Gasteiger partial charge in [-0.1, -0.05) is 13.0 Å². The Morgan fingerprint density at radius 3 is 2.55 bits per heavy atom. The number of benzene rings is 1. The van der Waals surface area contributed by atoms with Gasteiger partial charge in [-0.2, -0.15) is 0 Å². The van der Waals surface area contributed by atoms with Crippen molar-refractivity contribution in [2.75, 3.05) is 6.54 Å². The van der Waals surface area contributed by atoms with E-state index in [2.05, 4.69) is 12.2 Å². The first kappa shape index (κ1) is 15.1. The summed E-state index contributed by atoms with van der Waals surface area (Å²) in [6.45, 7) is 4.70. The van der Waals surface area contributed by atoms with Crippen LogP contribution in [-0.4, -0.2) is 27.5 Å². The lowest BCUT2D eigenvalue weighted by molar-refractivity contribution is -0.00789. The van der Waals surface area contributed by atoms with Gasteiger partial charge in [-0.3, -0.25) is 0 Å². The Morgan fingerprint density at radius 1 is 1.30 bits per heavy atom. The molecule has 4 N–H and O–H groups in total. The molecule has 4 heteroatoms. The summed E-state index contributed by atoms with van der Waals surface area (Å²) in [5.74, 6) is 0.835. The first-order valence-electron chi connectivity index (χ1n) is 7.37. The predicted molar refractivity (Wildman–Crippen MR) is 78.8 cm³/mol. The molecule has 4 nitrogen and oxygen atoms in total. The summed E-state index contributed by atoms with van der Waals surface area (Å²) < 4.78 is 0. The molecule has 1 saturated carbocycles. The number of hydrogen-bond acceptors (Lipinski definition) is 4. The summed E-state index contributed by atoms with van der Waals surface area (Å²) in [7, 11) is 0. The van der Waals surface area contributed by atoms with Gasteiger partial charge in [0.15, 0.2) is 0 Å². The van der Waals surface area contributed by atoms with Crippen molar-refractivity contribution in [1.29, 1.82) is 0 Å². The predicted octanol–water partition coefficient (Wildman–Crippen LogP) is 2.69. The Labute approximate surface area is 120 Å². The minimum Gasteiger partial charge on any atom is -0.508 e. The van der Waals surface area contributed by atoms with E-state index in [-0.39, 0.29) is 17.5 Å². The molecule has 1 aromatic carbocycles. The number of rotatable bonds is 4. The Balaban J connectivity index is 1.93. The maximum absolute atomic E-state index is 10.5. The van der Waals surface area contributed by atoms with Crippen LogP contribution in [0.5, 0.6) is 11.5 Å². The van der Waals surface area contributed by atoms with Crippen LogP contribution in [0, 0.1) is 5.92 Å². The van der Waals surface area contributed by atoms with Gasteiger partial charge in [0.25, 0.3) is 0 Å². The average molecular weight is 279 g/mol. The second kappa shape index (κ2) is 6.02. The minimum atomic E-state index is -0.632. The Kier molecular flexibility index (Phi) is 4.55. The van der Waals surface area contributed by atoms with E-state index >= 15 is 0 Å². The zero-order valence-electron chi connectivity index (χ0n) is 12.3. The van der Waals surface area contributed by atoms with E-state index in [0.29, 0.717) is 12.5 Å². The third-order valence-electron chi connectivity index (χ3n) is 4.42. The van der Waals surface area contributed by atoms with E-state index in [1.54, 1.807) is 12.1 Å². The van der Waals surface area contributed by atoms with E-state index in [0.717, 1.165) is 31.2 Å². The van der Waals surface area contributed by atoms with Gasteiger partial charge in [0.05, 0.1) is 5.60 Å². The summed E-state index contributed by atoms with van der Waals surface area (Å²) in [6, 6.07) is 4.53. The molecule has 0 bridgehead atoms. The fraction of sp³-hybridized carbons (Fsp3) is 0.625. The normalized spacial score (nSPS) is 28.2.